The smallest absolute Gasteiger partial charge is 0.349 e. The van der Waals surface area contributed by atoms with Crippen LogP contribution in [0.1, 0.15) is 37.9 Å². The summed E-state index contributed by atoms with van der Waals surface area (Å²) in [5.74, 6) is 0.530. The molecule has 0 aliphatic heterocycles. The second-order valence-electron chi connectivity index (χ2n) is 6.64. The average Bonchev–Trinajstić information content (AvgIpc) is 2.55. The Morgan fingerprint density at radius 2 is 1.85 bits per heavy atom. The molecule has 0 fully saturated rings. The van der Waals surface area contributed by atoms with E-state index < -0.39 is 17.4 Å². The van der Waals surface area contributed by atoms with Crippen molar-refractivity contribution in [3.8, 4) is 17.2 Å². The number of aryl methyl sites for hydroxylation is 1. The van der Waals surface area contributed by atoms with E-state index in [9.17, 15) is 9.18 Å². The van der Waals surface area contributed by atoms with E-state index in [0.29, 0.717) is 22.8 Å². The van der Waals surface area contributed by atoms with Gasteiger partial charge in [-0.3, -0.25) is 0 Å². The van der Waals surface area contributed by atoms with Gasteiger partial charge >= 0.3 is 5.97 Å². The molecule has 26 heavy (non-hydrogen) atoms. The maximum atomic E-state index is 13.7. The molecule has 0 bridgehead atoms. The highest BCUT2D eigenvalue weighted by atomic mass is 19.1. The summed E-state index contributed by atoms with van der Waals surface area (Å²) < 4.78 is 30.0. The zero-order valence-electron chi connectivity index (χ0n) is 15.6. The Hall–Kier alpha value is -2.60. The number of benzene rings is 2. The van der Waals surface area contributed by atoms with Gasteiger partial charge in [0.15, 0.2) is 5.60 Å². The van der Waals surface area contributed by atoms with Crippen LogP contribution in [0.25, 0.3) is 0 Å². The third-order valence-electron chi connectivity index (χ3n) is 3.84. The maximum absolute atomic E-state index is 13.7. The number of hydrogen-bond acceptors (Lipinski definition) is 5. The summed E-state index contributed by atoms with van der Waals surface area (Å²) in [6.07, 6.45) is 0. The molecular formula is C20H24FNO4. The molecule has 2 aromatic carbocycles. The monoisotopic (exact) mass is 361 g/mol. The predicted molar refractivity (Wildman–Crippen MR) is 97.0 cm³/mol. The minimum absolute atomic E-state index is 0.300. The minimum atomic E-state index is -1.11. The highest BCUT2D eigenvalue weighted by Crippen LogP contribution is 2.31. The molecule has 0 saturated carbocycles. The Labute approximate surface area is 152 Å². The van der Waals surface area contributed by atoms with Gasteiger partial charge in [-0.25, -0.2) is 9.18 Å². The normalized spacial score (nSPS) is 12.4. The largest absolute Gasteiger partial charge is 0.476 e. The number of rotatable bonds is 6. The summed E-state index contributed by atoms with van der Waals surface area (Å²) in [5.41, 5.74) is 6.11. The lowest BCUT2D eigenvalue weighted by molar-refractivity contribution is -0.156. The fraction of sp³-hybridized carbons (Fsp3) is 0.350. The van der Waals surface area contributed by atoms with Gasteiger partial charge in [-0.2, -0.15) is 0 Å². The fourth-order valence-corrected chi connectivity index (χ4v) is 2.40. The fourth-order valence-electron chi connectivity index (χ4n) is 2.40. The summed E-state index contributed by atoms with van der Waals surface area (Å²) in [6.45, 7) is 6.86. The van der Waals surface area contributed by atoms with E-state index in [1.807, 2.05) is 6.92 Å². The molecule has 0 aliphatic carbocycles. The molecule has 0 heterocycles. The SMILES string of the molecule is COC(=O)C(C)(C)Oc1ccc(Oc2cc(F)cc([C@@H](C)N)c2)cc1C. The standard InChI is InChI=1S/C20H24FNO4/c1-12-8-16(6-7-18(12)26-20(3,4)19(23)24-5)25-17-10-14(13(2)22)9-15(21)11-17/h6-11,13H,22H2,1-5H3/t13-/m1/s1. The number of carbonyl (C=O) groups is 1. The van der Waals surface area contributed by atoms with Gasteiger partial charge in [-0.15, -0.1) is 0 Å². The van der Waals surface area contributed by atoms with E-state index in [2.05, 4.69) is 0 Å². The van der Waals surface area contributed by atoms with E-state index >= 15 is 0 Å². The number of esters is 1. The molecule has 6 heteroatoms. The van der Waals surface area contributed by atoms with Crippen molar-refractivity contribution in [2.45, 2.75) is 39.3 Å². The van der Waals surface area contributed by atoms with E-state index in [0.717, 1.165) is 5.56 Å². The molecular weight excluding hydrogens is 337 g/mol. The molecule has 1 atom stereocenters. The number of hydrogen-bond donors (Lipinski definition) is 1. The Morgan fingerprint density at radius 3 is 2.42 bits per heavy atom. The van der Waals surface area contributed by atoms with Gasteiger partial charge in [0, 0.05) is 12.1 Å². The molecule has 140 valence electrons. The second kappa shape index (κ2) is 7.74. The van der Waals surface area contributed by atoms with Crippen molar-refractivity contribution < 1.29 is 23.4 Å². The molecule has 2 N–H and O–H groups in total. The first kappa shape index (κ1) is 19.7. The number of methoxy groups -OCH3 is 1. The third kappa shape index (κ3) is 4.73. The number of halogens is 1. The van der Waals surface area contributed by atoms with E-state index in [4.69, 9.17) is 19.9 Å². The van der Waals surface area contributed by atoms with E-state index in [1.165, 1.54) is 19.2 Å². The zero-order chi connectivity index (χ0) is 19.5. The number of nitrogens with two attached hydrogens (primary N) is 1. The summed E-state index contributed by atoms with van der Waals surface area (Å²) >= 11 is 0. The second-order valence-corrected chi connectivity index (χ2v) is 6.64. The van der Waals surface area contributed by atoms with Crippen LogP contribution in [0.4, 0.5) is 4.39 Å². The molecule has 5 nitrogen and oxygen atoms in total. The first-order chi connectivity index (χ1) is 12.1. The first-order valence-corrected chi connectivity index (χ1v) is 8.24. The van der Waals surface area contributed by atoms with Crippen molar-refractivity contribution in [2.75, 3.05) is 7.11 Å². The van der Waals surface area contributed by atoms with Gasteiger partial charge in [0.25, 0.3) is 0 Å². The lowest BCUT2D eigenvalue weighted by Gasteiger charge is -2.24. The predicted octanol–water partition coefficient (Wildman–Crippen LogP) is 4.28. The molecule has 0 saturated heterocycles. The quantitative estimate of drug-likeness (QED) is 0.778. The average molecular weight is 361 g/mol. The maximum Gasteiger partial charge on any atom is 0.349 e. The Kier molecular flexibility index (Phi) is 5.87. The molecule has 0 radical (unpaired) electrons. The van der Waals surface area contributed by atoms with Crippen LogP contribution >= 0.6 is 0 Å². The van der Waals surface area contributed by atoms with Crippen LogP contribution in [0, 0.1) is 12.7 Å². The summed E-state index contributed by atoms with van der Waals surface area (Å²) in [4.78, 5) is 11.8. The first-order valence-electron chi connectivity index (χ1n) is 8.24. The molecule has 0 aliphatic rings. The van der Waals surface area contributed by atoms with Gasteiger partial charge in [-0.05, 0) is 69.2 Å². The summed E-state index contributed by atoms with van der Waals surface area (Å²) in [7, 11) is 1.31. The van der Waals surface area contributed by atoms with Crippen LogP contribution < -0.4 is 15.2 Å². The zero-order valence-corrected chi connectivity index (χ0v) is 15.6. The van der Waals surface area contributed by atoms with Crippen LogP contribution in [0.5, 0.6) is 17.2 Å². The third-order valence-corrected chi connectivity index (χ3v) is 3.84. The van der Waals surface area contributed by atoms with Crippen molar-refractivity contribution >= 4 is 5.97 Å². The topological polar surface area (TPSA) is 70.8 Å². The van der Waals surface area contributed by atoms with Crippen LogP contribution in [-0.4, -0.2) is 18.7 Å². The van der Waals surface area contributed by atoms with Gasteiger partial charge in [0.1, 0.15) is 23.1 Å². The van der Waals surface area contributed by atoms with Crippen LogP contribution in [-0.2, 0) is 9.53 Å². The number of ether oxygens (including phenoxy) is 3. The molecule has 0 amide bonds. The van der Waals surface area contributed by atoms with Gasteiger partial charge in [0.2, 0.25) is 0 Å². The van der Waals surface area contributed by atoms with Crippen molar-refractivity contribution in [1.29, 1.82) is 0 Å². The van der Waals surface area contributed by atoms with Gasteiger partial charge in [0.05, 0.1) is 7.11 Å². The molecule has 0 spiro atoms. The highest BCUT2D eigenvalue weighted by Gasteiger charge is 2.31. The Bertz CT molecular complexity index is 802. The van der Waals surface area contributed by atoms with Crippen molar-refractivity contribution in [2.24, 2.45) is 5.73 Å². The minimum Gasteiger partial charge on any atom is -0.476 e. The van der Waals surface area contributed by atoms with Crippen molar-refractivity contribution in [3.63, 3.8) is 0 Å². The number of carbonyl (C=O) groups excluding carboxylic acids is 1. The highest BCUT2D eigenvalue weighted by molar-refractivity contribution is 5.78. The van der Waals surface area contributed by atoms with Crippen LogP contribution in [0.15, 0.2) is 36.4 Å². The van der Waals surface area contributed by atoms with Gasteiger partial charge in [-0.1, -0.05) is 0 Å². The van der Waals surface area contributed by atoms with Crippen LogP contribution in [0.3, 0.4) is 0 Å². The molecule has 0 unspecified atom stereocenters. The van der Waals surface area contributed by atoms with Crippen molar-refractivity contribution in [3.05, 3.63) is 53.3 Å². The van der Waals surface area contributed by atoms with Crippen molar-refractivity contribution in [1.82, 2.24) is 0 Å². The Balaban J connectivity index is 2.21. The summed E-state index contributed by atoms with van der Waals surface area (Å²) in [6, 6.07) is 9.21. The summed E-state index contributed by atoms with van der Waals surface area (Å²) in [5, 5.41) is 0. The van der Waals surface area contributed by atoms with Gasteiger partial charge < -0.3 is 19.9 Å². The molecule has 0 aromatic heterocycles. The van der Waals surface area contributed by atoms with E-state index in [1.54, 1.807) is 45.0 Å². The molecule has 2 aromatic rings. The lowest BCUT2D eigenvalue weighted by atomic mass is 10.1. The van der Waals surface area contributed by atoms with E-state index in [-0.39, 0.29) is 6.04 Å². The Morgan fingerprint density at radius 1 is 1.15 bits per heavy atom. The molecule has 2 rings (SSSR count). The van der Waals surface area contributed by atoms with Crippen LogP contribution in [0.2, 0.25) is 0 Å². The lowest BCUT2D eigenvalue weighted by Crippen LogP contribution is -2.39.